The van der Waals surface area contributed by atoms with Gasteiger partial charge in [0.25, 0.3) is 0 Å². The summed E-state index contributed by atoms with van der Waals surface area (Å²) in [6, 6.07) is -1.52. The normalized spacial score (nSPS) is 13.9. The fraction of sp³-hybridized carbons (Fsp3) is 0.848. The third kappa shape index (κ3) is 40.7. The van der Waals surface area contributed by atoms with Gasteiger partial charge in [-0.2, -0.15) is 0 Å². The van der Waals surface area contributed by atoms with Crippen LogP contribution in [0.2, 0.25) is 0 Å². The molecule has 3 atom stereocenters. The molecule has 0 aliphatic heterocycles. The van der Waals surface area contributed by atoms with Crippen LogP contribution >= 0.6 is 7.82 Å². The molecule has 4 N–H and O–H groups in total. The molecule has 0 aliphatic rings. The number of allylic oxidation sites excluding steroid dienone is 4. The van der Waals surface area contributed by atoms with Crippen LogP contribution in [0, 0.1) is 0 Å². The molecule has 0 heterocycles. The lowest BCUT2D eigenvalue weighted by Crippen LogP contribution is -2.34. The van der Waals surface area contributed by atoms with Gasteiger partial charge in [-0.15, -0.1) is 0 Å². The number of aliphatic carboxylic acids is 1. The summed E-state index contributed by atoms with van der Waals surface area (Å²) < 4.78 is 32.8. The van der Waals surface area contributed by atoms with Gasteiger partial charge >= 0.3 is 25.7 Å². The molecule has 340 valence electrons. The minimum atomic E-state index is -4.72. The van der Waals surface area contributed by atoms with E-state index in [0.717, 1.165) is 57.8 Å². The number of hydrogen-bond acceptors (Lipinski definition) is 9. The first-order chi connectivity index (χ1) is 28.1. The maximum Gasteiger partial charge on any atom is 0.472 e. The summed E-state index contributed by atoms with van der Waals surface area (Å²) >= 11 is 0. The Bertz CT molecular complexity index is 1080. The number of esters is 2. The van der Waals surface area contributed by atoms with E-state index < -0.39 is 51.1 Å². The maximum atomic E-state index is 12.6. The highest BCUT2D eigenvalue weighted by molar-refractivity contribution is 7.47. The van der Waals surface area contributed by atoms with E-state index >= 15 is 0 Å². The minimum absolute atomic E-state index is 0.155. The molecular formula is C46H86NO10P. The number of phosphoric ester groups is 1. The van der Waals surface area contributed by atoms with Crippen molar-refractivity contribution in [3.05, 3.63) is 24.3 Å². The second kappa shape index (κ2) is 41.7. The number of ether oxygens (including phenoxy) is 2. The number of carboxylic acid groups (broad SMARTS) is 1. The SMILES string of the molecule is CCCCC/C=C/C/C=C/CCCCCCCCCC(=O)O[C@H](COC(=O)CCCCCCCCCCCCCCCCCCC)COP(=O)(O)OC[C@H](N)C(=O)O. The largest absolute Gasteiger partial charge is 0.480 e. The molecule has 0 spiro atoms. The summed E-state index contributed by atoms with van der Waals surface area (Å²) in [5, 5.41) is 8.90. The van der Waals surface area contributed by atoms with Crippen molar-refractivity contribution >= 4 is 25.7 Å². The van der Waals surface area contributed by atoms with Crippen LogP contribution in [0.1, 0.15) is 219 Å². The summed E-state index contributed by atoms with van der Waals surface area (Å²) in [6.45, 7) is 2.80. The zero-order chi connectivity index (χ0) is 42.8. The van der Waals surface area contributed by atoms with Gasteiger partial charge in [0.2, 0.25) is 0 Å². The van der Waals surface area contributed by atoms with Crippen molar-refractivity contribution in [2.75, 3.05) is 19.8 Å². The minimum Gasteiger partial charge on any atom is -0.480 e. The number of unbranched alkanes of at least 4 members (excludes halogenated alkanes) is 26. The first-order valence-corrected chi connectivity index (χ1v) is 24.9. The summed E-state index contributed by atoms with van der Waals surface area (Å²) in [5.41, 5.74) is 5.34. The highest BCUT2D eigenvalue weighted by atomic mass is 31.2. The van der Waals surface area contributed by atoms with Gasteiger partial charge in [-0.25, -0.2) is 4.57 Å². The number of hydrogen-bond donors (Lipinski definition) is 3. The molecule has 0 saturated carbocycles. The monoisotopic (exact) mass is 844 g/mol. The zero-order valence-electron chi connectivity index (χ0n) is 36.9. The molecule has 0 rings (SSSR count). The average Bonchev–Trinajstić information content (AvgIpc) is 3.20. The van der Waals surface area contributed by atoms with E-state index in [9.17, 15) is 23.8 Å². The standard InChI is InChI=1S/C46H86NO10P/c1-3-5-7-9-11-13-15-17-19-21-23-25-27-29-31-33-35-37-44(48)54-39-42(40-55-58(52,53)56-41-43(47)46(50)51)57-45(49)38-36-34-32-30-28-26-24-22-20-18-16-14-12-10-8-6-4-2/h12,14,18,20,42-43H,3-11,13,15-17,19,21-41,47H2,1-2H3,(H,50,51)(H,52,53)/b14-12+,20-18+/t42-,43+/m1/s1. The smallest absolute Gasteiger partial charge is 0.472 e. The van der Waals surface area contributed by atoms with E-state index in [1.54, 1.807) is 0 Å². The second-order valence-electron chi connectivity index (χ2n) is 15.9. The molecule has 0 amide bonds. The molecule has 12 heteroatoms. The summed E-state index contributed by atoms with van der Waals surface area (Å²) in [4.78, 5) is 46.0. The Morgan fingerprint density at radius 2 is 0.914 bits per heavy atom. The van der Waals surface area contributed by atoms with Gasteiger partial charge < -0.3 is 25.2 Å². The van der Waals surface area contributed by atoms with E-state index in [1.165, 1.54) is 122 Å². The fourth-order valence-corrected chi connectivity index (χ4v) is 7.29. The Balaban J connectivity index is 4.30. The number of carbonyl (C=O) groups is 3. The van der Waals surface area contributed by atoms with Crippen LogP contribution in [-0.4, -0.2) is 59.9 Å². The van der Waals surface area contributed by atoms with Gasteiger partial charge in [-0.3, -0.25) is 23.4 Å². The van der Waals surface area contributed by atoms with Gasteiger partial charge in [0.1, 0.15) is 12.6 Å². The van der Waals surface area contributed by atoms with Gasteiger partial charge in [-0.1, -0.05) is 186 Å². The van der Waals surface area contributed by atoms with Crippen LogP contribution in [0.5, 0.6) is 0 Å². The van der Waals surface area contributed by atoms with E-state index in [1.807, 2.05) is 0 Å². The molecule has 11 nitrogen and oxygen atoms in total. The lowest BCUT2D eigenvalue weighted by atomic mass is 10.0. The lowest BCUT2D eigenvalue weighted by molar-refractivity contribution is -0.161. The third-order valence-electron chi connectivity index (χ3n) is 10.2. The average molecular weight is 844 g/mol. The second-order valence-corrected chi connectivity index (χ2v) is 17.3. The van der Waals surface area contributed by atoms with Crippen LogP contribution < -0.4 is 5.73 Å². The zero-order valence-corrected chi connectivity index (χ0v) is 37.8. The van der Waals surface area contributed by atoms with Crippen molar-refractivity contribution < 1.29 is 47.5 Å². The number of carbonyl (C=O) groups excluding carboxylic acids is 2. The van der Waals surface area contributed by atoms with E-state index in [2.05, 4.69) is 42.7 Å². The molecule has 0 aliphatic carbocycles. The number of carboxylic acids is 1. The Kier molecular flexibility index (Phi) is 40.2. The highest BCUT2D eigenvalue weighted by Crippen LogP contribution is 2.43. The third-order valence-corrected chi connectivity index (χ3v) is 11.2. The van der Waals surface area contributed by atoms with Gasteiger partial charge in [-0.05, 0) is 44.9 Å². The lowest BCUT2D eigenvalue weighted by Gasteiger charge is -2.20. The summed E-state index contributed by atoms with van der Waals surface area (Å²) in [6.07, 6.45) is 43.7. The molecule has 0 fully saturated rings. The molecule has 0 bridgehead atoms. The molecule has 0 aromatic heterocycles. The predicted molar refractivity (Wildman–Crippen MR) is 236 cm³/mol. The molecule has 0 saturated heterocycles. The van der Waals surface area contributed by atoms with Crippen LogP contribution in [0.25, 0.3) is 0 Å². The molecule has 0 radical (unpaired) electrons. The van der Waals surface area contributed by atoms with Gasteiger partial charge in [0.05, 0.1) is 13.2 Å². The molecule has 1 unspecified atom stereocenters. The van der Waals surface area contributed by atoms with Gasteiger partial charge in [0, 0.05) is 12.8 Å². The fourth-order valence-electron chi connectivity index (χ4n) is 6.51. The molecular weight excluding hydrogens is 757 g/mol. The van der Waals surface area contributed by atoms with E-state index in [-0.39, 0.29) is 19.4 Å². The molecule has 0 aromatic rings. The van der Waals surface area contributed by atoms with Gasteiger partial charge in [0.15, 0.2) is 6.10 Å². The highest BCUT2D eigenvalue weighted by Gasteiger charge is 2.28. The van der Waals surface area contributed by atoms with Crippen molar-refractivity contribution in [2.24, 2.45) is 5.73 Å². The van der Waals surface area contributed by atoms with Crippen molar-refractivity contribution in [1.29, 1.82) is 0 Å². The maximum absolute atomic E-state index is 12.6. The number of rotatable bonds is 44. The van der Waals surface area contributed by atoms with Crippen molar-refractivity contribution in [2.45, 2.75) is 231 Å². The summed E-state index contributed by atoms with van der Waals surface area (Å²) in [5.74, 6) is -2.38. The van der Waals surface area contributed by atoms with Crippen LogP contribution in [0.4, 0.5) is 0 Å². The number of nitrogens with two attached hydrogens (primary N) is 1. The summed E-state index contributed by atoms with van der Waals surface area (Å²) in [7, 11) is -4.72. The van der Waals surface area contributed by atoms with E-state index in [4.69, 9.17) is 24.8 Å². The van der Waals surface area contributed by atoms with E-state index in [0.29, 0.717) is 12.8 Å². The van der Waals surface area contributed by atoms with Crippen LogP contribution in [-0.2, 0) is 37.5 Å². The Hall–Kier alpha value is -2.04. The topological polar surface area (TPSA) is 172 Å². The molecule has 58 heavy (non-hydrogen) atoms. The van der Waals surface area contributed by atoms with Crippen LogP contribution in [0.15, 0.2) is 24.3 Å². The Morgan fingerprint density at radius 1 is 0.534 bits per heavy atom. The first-order valence-electron chi connectivity index (χ1n) is 23.4. The van der Waals surface area contributed by atoms with Crippen molar-refractivity contribution in [3.63, 3.8) is 0 Å². The Labute approximate surface area is 353 Å². The quantitative estimate of drug-likeness (QED) is 0.0231. The van der Waals surface area contributed by atoms with Crippen LogP contribution in [0.3, 0.4) is 0 Å². The van der Waals surface area contributed by atoms with Crippen molar-refractivity contribution in [3.8, 4) is 0 Å². The Morgan fingerprint density at radius 3 is 1.38 bits per heavy atom. The molecule has 0 aromatic carbocycles. The van der Waals surface area contributed by atoms with Crippen molar-refractivity contribution in [1.82, 2.24) is 0 Å². The first kappa shape index (κ1) is 56.0. The predicted octanol–water partition coefficient (Wildman–Crippen LogP) is 12.6. The number of phosphoric acid groups is 1.